The van der Waals surface area contributed by atoms with Crippen molar-refractivity contribution in [2.45, 2.75) is 38.3 Å². The lowest BCUT2D eigenvalue weighted by Crippen LogP contribution is -2.42. The summed E-state index contributed by atoms with van der Waals surface area (Å²) in [6.07, 6.45) is 6.16. The molecule has 2 aliphatic heterocycles. The van der Waals surface area contributed by atoms with Crippen molar-refractivity contribution in [3.63, 3.8) is 0 Å². The number of anilines is 2. The van der Waals surface area contributed by atoms with E-state index in [0.717, 1.165) is 75.9 Å². The van der Waals surface area contributed by atoms with E-state index in [1.807, 2.05) is 5.51 Å². The van der Waals surface area contributed by atoms with E-state index >= 15 is 0 Å². The lowest BCUT2D eigenvalue weighted by molar-refractivity contribution is 0.239. The first kappa shape index (κ1) is 18.6. The van der Waals surface area contributed by atoms with Crippen molar-refractivity contribution in [2.24, 2.45) is 0 Å². The summed E-state index contributed by atoms with van der Waals surface area (Å²) in [5.41, 5.74) is 3.07. The maximum Gasteiger partial charge on any atom is 0.134 e. The zero-order valence-corrected chi connectivity index (χ0v) is 16.5. The van der Waals surface area contributed by atoms with Crippen LogP contribution in [-0.4, -0.2) is 70.3 Å². The lowest BCUT2D eigenvalue weighted by Gasteiger charge is -2.36. The Balaban J connectivity index is 1.42. The second kappa shape index (κ2) is 8.95. The van der Waals surface area contributed by atoms with Crippen LogP contribution in [0.25, 0.3) is 0 Å². The van der Waals surface area contributed by atoms with Crippen molar-refractivity contribution in [3.8, 4) is 0 Å². The largest absolute Gasteiger partial charge is 0.394 e. The molecule has 0 bridgehead atoms. The highest BCUT2D eigenvalue weighted by atomic mass is 32.1. The molecule has 27 heavy (non-hydrogen) atoms. The molecule has 4 rings (SSSR count). The Morgan fingerprint density at radius 1 is 1.00 bits per heavy atom. The van der Waals surface area contributed by atoms with Gasteiger partial charge in [-0.05, 0) is 25.7 Å². The predicted molar refractivity (Wildman–Crippen MR) is 108 cm³/mol. The van der Waals surface area contributed by atoms with E-state index in [9.17, 15) is 5.11 Å². The van der Waals surface area contributed by atoms with Crippen LogP contribution < -0.4 is 9.80 Å². The lowest BCUT2D eigenvalue weighted by atomic mass is 10.0. The third kappa shape index (κ3) is 4.56. The van der Waals surface area contributed by atoms with Crippen LogP contribution in [0.5, 0.6) is 0 Å². The molecule has 0 saturated carbocycles. The fraction of sp³-hybridized carbons (Fsp3) is 0.632. The maximum atomic E-state index is 9.71. The minimum atomic E-state index is 0.180. The Kier molecular flexibility index (Phi) is 6.16. The van der Waals surface area contributed by atoms with Gasteiger partial charge in [0.1, 0.15) is 18.0 Å². The second-order valence-corrected chi connectivity index (χ2v) is 8.08. The number of piperidine rings is 1. The van der Waals surface area contributed by atoms with Crippen LogP contribution in [0.1, 0.15) is 31.4 Å². The second-order valence-electron chi connectivity index (χ2n) is 7.36. The average Bonchev–Trinajstić information content (AvgIpc) is 3.12. The summed E-state index contributed by atoms with van der Waals surface area (Å²) in [6.45, 7) is 6.15. The first-order valence-corrected chi connectivity index (χ1v) is 10.8. The standard InChI is InChI=1S/C19H28N6OS/c26-12-17-4-1-2-7-25(17)19-10-18(20-14-21-19)24-6-3-5-23(8-9-24)11-16-13-27-15-22-16/h10,13-15,17,26H,1-9,11-12H2. The smallest absolute Gasteiger partial charge is 0.134 e. The number of aromatic nitrogens is 3. The van der Waals surface area contributed by atoms with E-state index in [0.29, 0.717) is 0 Å². The molecular weight excluding hydrogens is 360 g/mol. The van der Waals surface area contributed by atoms with Crippen molar-refractivity contribution < 1.29 is 5.11 Å². The molecule has 2 aliphatic rings. The molecule has 2 fully saturated rings. The zero-order chi connectivity index (χ0) is 18.5. The molecule has 2 aromatic rings. The van der Waals surface area contributed by atoms with Crippen LogP contribution in [-0.2, 0) is 6.54 Å². The molecule has 1 N–H and O–H groups in total. The minimum Gasteiger partial charge on any atom is -0.394 e. The van der Waals surface area contributed by atoms with Crippen LogP contribution >= 0.6 is 11.3 Å². The number of hydrogen-bond acceptors (Lipinski definition) is 8. The first-order valence-electron chi connectivity index (χ1n) is 9.87. The van der Waals surface area contributed by atoms with Gasteiger partial charge in [0.15, 0.2) is 0 Å². The fourth-order valence-corrected chi connectivity index (χ4v) is 4.61. The van der Waals surface area contributed by atoms with Crippen molar-refractivity contribution in [1.82, 2.24) is 19.9 Å². The number of aliphatic hydroxyl groups excluding tert-OH is 1. The third-order valence-electron chi connectivity index (χ3n) is 5.55. The van der Waals surface area contributed by atoms with E-state index in [1.165, 1.54) is 6.42 Å². The van der Waals surface area contributed by atoms with Crippen LogP contribution in [0.3, 0.4) is 0 Å². The van der Waals surface area contributed by atoms with E-state index < -0.39 is 0 Å². The molecule has 1 unspecified atom stereocenters. The molecule has 2 saturated heterocycles. The number of rotatable bonds is 5. The highest BCUT2D eigenvalue weighted by Crippen LogP contribution is 2.25. The Hall–Kier alpha value is -1.77. The Morgan fingerprint density at radius 2 is 1.93 bits per heavy atom. The topological polar surface area (TPSA) is 68.6 Å². The van der Waals surface area contributed by atoms with Gasteiger partial charge in [-0.2, -0.15) is 0 Å². The van der Waals surface area contributed by atoms with Crippen molar-refractivity contribution in [1.29, 1.82) is 0 Å². The van der Waals surface area contributed by atoms with Crippen molar-refractivity contribution in [3.05, 3.63) is 29.0 Å². The van der Waals surface area contributed by atoms with Crippen LogP contribution in [0.4, 0.5) is 11.6 Å². The van der Waals surface area contributed by atoms with E-state index in [-0.39, 0.29) is 12.6 Å². The van der Waals surface area contributed by atoms with Crippen molar-refractivity contribution in [2.75, 3.05) is 49.1 Å². The predicted octanol–water partition coefficient (Wildman–Crippen LogP) is 2.00. The summed E-state index contributed by atoms with van der Waals surface area (Å²) in [5.74, 6) is 1.94. The SMILES string of the molecule is OCC1CCCCN1c1cc(N2CCCN(Cc3cscn3)CC2)ncn1. The van der Waals surface area contributed by atoms with E-state index in [1.54, 1.807) is 17.7 Å². The Labute approximate surface area is 164 Å². The molecule has 1 atom stereocenters. The van der Waals surface area contributed by atoms with Gasteiger partial charge in [0.25, 0.3) is 0 Å². The van der Waals surface area contributed by atoms with Crippen LogP contribution in [0, 0.1) is 0 Å². The molecule has 4 heterocycles. The molecule has 0 amide bonds. The summed E-state index contributed by atoms with van der Waals surface area (Å²) >= 11 is 1.66. The monoisotopic (exact) mass is 388 g/mol. The molecule has 8 heteroatoms. The van der Waals surface area contributed by atoms with Gasteiger partial charge < -0.3 is 14.9 Å². The van der Waals surface area contributed by atoms with Gasteiger partial charge in [0, 0.05) is 50.7 Å². The summed E-state index contributed by atoms with van der Waals surface area (Å²) in [6, 6.07) is 2.28. The number of hydrogen-bond donors (Lipinski definition) is 1. The zero-order valence-electron chi connectivity index (χ0n) is 15.7. The highest BCUT2D eigenvalue weighted by Gasteiger charge is 2.24. The summed E-state index contributed by atoms with van der Waals surface area (Å²) in [7, 11) is 0. The van der Waals surface area contributed by atoms with Crippen molar-refractivity contribution >= 4 is 23.0 Å². The van der Waals surface area contributed by atoms with Gasteiger partial charge >= 0.3 is 0 Å². The number of nitrogens with zero attached hydrogens (tertiary/aromatic N) is 6. The van der Waals surface area contributed by atoms with E-state index in [4.69, 9.17) is 0 Å². The third-order valence-corrected chi connectivity index (χ3v) is 6.19. The van der Waals surface area contributed by atoms with E-state index in [2.05, 4.69) is 41.1 Å². The molecule has 146 valence electrons. The Morgan fingerprint density at radius 3 is 2.78 bits per heavy atom. The van der Waals surface area contributed by atoms with Gasteiger partial charge in [0.2, 0.25) is 0 Å². The van der Waals surface area contributed by atoms with Gasteiger partial charge in [-0.3, -0.25) is 4.90 Å². The summed E-state index contributed by atoms with van der Waals surface area (Å²) in [4.78, 5) is 20.6. The van der Waals surface area contributed by atoms with Gasteiger partial charge in [-0.25, -0.2) is 15.0 Å². The first-order chi connectivity index (χ1) is 13.3. The normalized spacial score (nSPS) is 22.0. The molecule has 2 aromatic heterocycles. The number of aliphatic hydroxyl groups is 1. The number of thiazole rings is 1. The van der Waals surface area contributed by atoms with Crippen LogP contribution in [0.2, 0.25) is 0 Å². The van der Waals surface area contributed by atoms with Crippen LogP contribution in [0.15, 0.2) is 23.3 Å². The Bertz CT molecular complexity index is 712. The molecule has 0 aromatic carbocycles. The minimum absolute atomic E-state index is 0.180. The molecule has 0 radical (unpaired) electrons. The average molecular weight is 389 g/mol. The van der Waals surface area contributed by atoms with Gasteiger partial charge in [-0.1, -0.05) is 0 Å². The molecule has 0 aliphatic carbocycles. The molecule has 0 spiro atoms. The fourth-order valence-electron chi connectivity index (χ4n) is 4.06. The summed E-state index contributed by atoms with van der Waals surface area (Å²) < 4.78 is 0. The molecule has 7 nitrogen and oxygen atoms in total. The molecular formula is C19H28N6OS. The highest BCUT2D eigenvalue weighted by molar-refractivity contribution is 7.07. The summed E-state index contributed by atoms with van der Waals surface area (Å²) in [5, 5.41) is 11.8. The quantitative estimate of drug-likeness (QED) is 0.840. The van der Waals surface area contributed by atoms with Gasteiger partial charge in [-0.15, -0.1) is 11.3 Å². The maximum absolute atomic E-state index is 9.71. The van der Waals surface area contributed by atoms with Gasteiger partial charge in [0.05, 0.1) is 23.9 Å².